The van der Waals surface area contributed by atoms with Crippen LogP contribution in [0, 0.1) is 6.92 Å². The third-order valence-electron chi connectivity index (χ3n) is 4.04. The Labute approximate surface area is 140 Å². The molecule has 0 heterocycles. The van der Waals surface area contributed by atoms with Crippen LogP contribution >= 0.6 is 0 Å². The molecule has 0 spiro atoms. The second kappa shape index (κ2) is 9.09. The van der Waals surface area contributed by atoms with Gasteiger partial charge in [0, 0.05) is 5.56 Å². The molecule has 0 saturated carbocycles. The van der Waals surface area contributed by atoms with Gasteiger partial charge in [-0.15, -0.1) is 0 Å². The van der Waals surface area contributed by atoms with Gasteiger partial charge in [-0.05, 0) is 43.0 Å². The monoisotopic (exact) mass is 306 g/mol. The average Bonchev–Trinajstić information content (AvgIpc) is 2.58. The molecule has 0 saturated heterocycles. The van der Waals surface area contributed by atoms with Crippen molar-refractivity contribution >= 4 is 11.9 Å². The highest BCUT2D eigenvalue weighted by atomic mass is 16.1. The van der Waals surface area contributed by atoms with Gasteiger partial charge in [0.15, 0.2) is 5.78 Å². The van der Waals surface area contributed by atoms with E-state index in [0.717, 1.165) is 17.5 Å². The van der Waals surface area contributed by atoms with Crippen LogP contribution in [0.1, 0.15) is 59.7 Å². The molecule has 0 amide bonds. The quantitative estimate of drug-likeness (QED) is 0.331. The van der Waals surface area contributed by atoms with Crippen molar-refractivity contribution in [2.45, 2.75) is 46.0 Å². The molecule has 0 aliphatic rings. The Morgan fingerprint density at radius 3 is 2.52 bits per heavy atom. The Balaban J connectivity index is 1.97. The fourth-order valence-corrected chi connectivity index (χ4v) is 2.58. The molecule has 2 aromatic carbocycles. The number of carbonyl (C=O) groups is 1. The van der Waals surface area contributed by atoms with E-state index in [4.69, 9.17) is 0 Å². The lowest BCUT2D eigenvalue weighted by atomic mass is 10.0. The summed E-state index contributed by atoms with van der Waals surface area (Å²) in [6, 6.07) is 16.2. The molecule has 1 heteroatoms. The van der Waals surface area contributed by atoms with Crippen molar-refractivity contribution in [3.8, 4) is 0 Å². The Morgan fingerprint density at radius 2 is 1.78 bits per heavy atom. The predicted octanol–water partition coefficient (Wildman–Crippen LogP) is 6.01. The lowest BCUT2D eigenvalue weighted by Gasteiger charge is -2.03. The van der Waals surface area contributed by atoms with Crippen LogP contribution in [0.15, 0.2) is 54.6 Å². The number of aryl methyl sites for hydroxylation is 2. The predicted molar refractivity (Wildman–Crippen MR) is 98.8 cm³/mol. The first kappa shape index (κ1) is 17.2. The van der Waals surface area contributed by atoms with Crippen LogP contribution in [0.3, 0.4) is 0 Å². The SMILES string of the molecule is CCCCCCc1cccc(C(=O)C=Cc2ccc(C)cc2)c1. The first-order chi connectivity index (χ1) is 11.2. The summed E-state index contributed by atoms with van der Waals surface area (Å²) in [7, 11) is 0. The van der Waals surface area contributed by atoms with Crippen molar-refractivity contribution in [3.63, 3.8) is 0 Å². The first-order valence-corrected chi connectivity index (χ1v) is 8.57. The van der Waals surface area contributed by atoms with Gasteiger partial charge in [-0.1, -0.05) is 80.3 Å². The molecule has 0 bridgehead atoms. The maximum atomic E-state index is 12.3. The van der Waals surface area contributed by atoms with E-state index in [0.29, 0.717) is 0 Å². The summed E-state index contributed by atoms with van der Waals surface area (Å²) in [6.45, 7) is 4.28. The second-order valence-electron chi connectivity index (χ2n) is 6.12. The van der Waals surface area contributed by atoms with Crippen molar-refractivity contribution in [3.05, 3.63) is 76.9 Å². The first-order valence-electron chi connectivity index (χ1n) is 8.57. The normalized spacial score (nSPS) is 11.0. The van der Waals surface area contributed by atoms with Crippen LogP contribution in [0.25, 0.3) is 6.08 Å². The van der Waals surface area contributed by atoms with Crippen molar-refractivity contribution in [2.24, 2.45) is 0 Å². The van der Waals surface area contributed by atoms with Gasteiger partial charge in [-0.25, -0.2) is 0 Å². The molecule has 0 aromatic heterocycles. The van der Waals surface area contributed by atoms with Crippen molar-refractivity contribution in [1.82, 2.24) is 0 Å². The highest BCUT2D eigenvalue weighted by Crippen LogP contribution is 2.12. The number of unbranched alkanes of at least 4 members (excludes halogenated alkanes) is 3. The zero-order valence-electron chi connectivity index (χ0n) is 14.2. The number of ketones is 1. The third kappa shape index (κ3) is 5.86. The zero-order valence-corrected chi connectivity index (χ0v) is 14.2. The summed E-state index contributed by atoms with van der Waals surface area (Å²) in [5.41, 5.74) is 4.32. The second-order valence-corrected chi connectivity index (χ2v) is 6.12. The highest BCUT2D eigenvalue weighted by molar-refractivity contribution is 6.06. The molecule has 2 rings (SSSR count). The van der Waals surface area contributed by atoms with Crippen LogP contribution in [0.5, 0.6) is 0 Å². The summed E-state index contributed by atoms with van der Waals surface area (Å²) in [6.07, 6.45) is 9.62. The van der Waals surface area contributed by atoms with Gasteiger partial charge in [0.1, 0.15) is 0 Å². The molecule has 2 aromatic rings. The molecule has 0 unspecified atom stereocenters. The van der Waals surface area contributed by atoms with Crippen LogP contribution in [-0.4, -0.2) is 5.78 Å². The third-order valence-corrected chi connectivity index (χ3v) is 4.04. The van der Waals surface area contributed by atoms with Crippen molar-refractivity contribution in [2.75, 3.05) is 0 Å². The molecule has 0 aliphatic carbocycles. The molecule has 0 aliphatic heterocycles. The van der Waals surface area contributed by atoms with Gasteiger partial charge in [0.2, 0.25) is 0 Å². The fraction of sp³-hybridized carbons (Fsp3) is 0.318. The molecule has 120 valence electrons. The van der Waals surface area contributed by atoms with E-state index in [1.807, 2.05) is 36.4 Å². The van der Waals surface area contributed by atoms with Gasteiger partial charge >= 0.3 is 0 Å². The Hall–Kier alpha value is -2.15. The van der Waals surface area contributed by atoms with E-state index < -0.39 is 0 Å². The number of hydrogen-bond donors (Lipinski definition) is 0. The summed E-state index contributed by atoms with van der Waals surface area (Å²) < 4.78 is 0. The van der Waals surface area contributed by atoms with E-state index in [1.165, 1.54) is 36.8 Å². The molecule has 0 radical (unpaired) electrons. The standard InChI is InChI=1S/C22H26O/c1-3-4-5-6-8-20-9-7-10-21(17-20)22(23)16-15-19-13-11-18(2)12-14-19/h7,9-17H,3-6,8H2,1-2H3. The van der Waals surface area contributed by atoms with E-state index in [9.17, 15) is 4.79 Å². The van der Waals surface area contributed by atoms with Crippen molar-refractivity contribution < 1.29 is 4.79 Å². The van der Waals surface area contributed by atoms with Gasteiger partial charge < -0.3 is 0 Å². The van der Waals surface area contributed by atoms with Crippen LogP contribution in [0.2, 0.25) is 0 Å². The molecule has 0 atom stereocenters. The maximum absolute atomic E-state index is 12.3. The Morgan fingerprint density at radius 1 is 1.00 bits per heavy atom. The largest absolute Gasteiger partial charge is 0.289 e. The number of benzene rings is 2. The summed E-state index contributed by atoms with van der Waals surface area (Å²) in [4.78, 5) is 12.3. The van der Waals surface area contributed by atoms with Crippen LogP contribution in [0.4, 0.5) is 0 Å². The topological polar surface area (TPSA) is 17.1 Å². The van der Waals surface area contributed by atoms with Gasteiger partial charge in [0.05, 0.1) is 0 Å². The van der Waals surface area contributed by atoms with Gasteiger partial charge in [0.25, 0.3) is 0 Å². The fourth-order valence-electron chi connectivity index (χ4n) is 2.58. The zero-order chi connectivity index (χ0) is 16.5. The van der Waals surface area contributed by atoms with E-state index in [2.05, 4.69) is 32.0 Å². The average molecular weight is 306 g/mol. The maximum Gasteiger partial charge on any atom is 0.185 e. The van der Waals surface area contributed by atoms with Gasteiger partial charge in [-0.3, -0.25) is 4.79 Å². The molecule has 23 heavy (non-hydrogen) atoms. The minimum atomic E-state index is 0.0704. The highest BCUT2D eigenvalue weighted by Gasteiger charge is 2.03. The number of allylic oxidation sites excluding steroid dienone is 1. The van der Waals surface area contributed by atoms with E-state index >= 15 is 0 Å². The smallest absolute Gasteiger partial charge is 0.185 e. The van der Waals surface area contributed by atoms with Crippen molar-refractivity contribution in [1.29, 1.82) is 0 Å². The Kier molecular flexibility index (Phi) is 6.80. The van der Waals surface area contributed by atoms with Gasteiger partial charge in [-0.2, -0.15) is 0 Å². The summed E-state index contributed by atoms with van der Waals surface area (Å²) >= 11 is 0. The number of rotatable bonds is 8. The molecule has 0 N–H and O–H groups in total. The minimum absolute atomic E-state index is 0.0704. The van der Waals surface area contributed by atoms with Crippen LogP contribution in [-0.2, 0) is 6.42 Å². The number of hydrogen-bond acceptors (Lipinski definition) is 1. The molecular weight excluding hydrogens is 280 g/mol. The summed E-state index contributed by atoms with van der Waals surface area (Å²) in [5, 5.41) is 0. The number of carbonyl (C=O) groups excluding carboxylic acids is 1. The van der Waals surface area contributed by atoms with E-state index in [-0.39, 0.29) is 5.78 Å². The minimum Gasteiger partial charge on any atom is -0.289 e. The van der Waals surface area contributed by atoms with E-state index in [1.54, 1.807) is 6.08 Å². The molecule has 1 nitrogen and oxygen atoms in total. The molecular formula is C22H26O. The molecule has 0 fully saturated rings. The van der Waals surface area contributed by atoms with Crippen LogP contribution < -0.4 is 0 Å². The lowest BCUT2D eigenvalue weighted by Crippen LogP contribution is -1.96. The summed E-state index contributed by atoms with van der Waals surface area (Å²) in [5.74, 6) is 0.0704. The lowest BCUT2D eigenvalue weighted by molar-refractivity contribution is 0.104. The Bertz CT molecular complexity index is 650.